The molecule has 1 fully saturated rings. The summed E-state index contributed by atoms with van der Waals surface area (Å²) < 4.78 is 0. The molecule has 2 atom stereocenters. The normalized spacial score (nSPS) is 20.8. The molecule has 3 N–H and O–H groups in total. The summed E-state index contributed by atoms with van der Waals surface area (Å²) in [6.45, 7) is 2.03. The second-order valence-electron chi connectivity index (χ2n) is 6.40. The summed E-state index contributed by atoms with van der Waals surface area (Å²) in [5.74, 6) is 0.424. The van der Waals surface area contributed by atoms with Gasteiger partial charge in [0.1, 0.15) is 0 Å². The van der Waals surface area contributed by atoms with Gasteiger partial charge in [-0.2, -0.15) is 0 Å². The molecule has 23 heavy (non-hydrogen) atoms. The Morgan fingerprint density at radius 3 is 2.78 bits per heavy atom. The first kappa shape index (κ1) is 15.7. The number of nitrogens with one attached hydrogen (secondary N) is 1. The van der Waals surface area contributed by atoms with Crippen LogP contribution in [0, 0.1) is 5.92 Å². The minimum atomic E-state index is -0.258. The van der Waals surface area contributed by atoms with Gasteiger partial charge in [-0.1, -0.05) is 24.3 Å². The van der Waals surface area contributed by atoms with Gasteiger partial charge in [0.2, 0.25) is 11.8 Å². The Morgan fingerprint density at radius 2 is 2.09 bits per heavy atom. The lowest BCUT2D eigenvalue weighted by Crippen LogP contribution is -2.40. The molecule has 2 unspecified atom stereocenters. The van der Waals surface area contributed by atoms with Gasteiger partial charge < -0.3 is 16.0 Å². The number of amides is 2. The SMILES string of the molecule is CC(=O)N1C=Cc2ccccc2C1CC(=O)NCC(N)C1CC1. The number of carbonyl (C=O) groups excluding carboxylic acids is 2. The summed E-state index contributed by atoms with van der Waals surface area (Å²) in [5, 5.41) is 2.92. The molecule has 0 radical (unpaired) electrons. The van der Waals surface area contributed by atoms with E-state index in [0.29, 0.717) is 12.5 Å². The molecule has 1 saturated carbocycles. The Balaban J connectivity index is 1.68. The molecule has 0 spiro atoms. The Labute approximate surface area is 136 Å². The maximum absolute atomic E-state index is 12.3. The monoisotopic (exact) mass is 313 g/mol. The summed E-state index contributed by atoms with van der Waals surface area (Å²) >= 11 is 0. The van der Waals surface area contributed by atoms with E-state index in [9.17, 15) is 9.59 Å². The summed E-state index contributed by atoms with van der Waals surface area (Å²) in [4.78, 5) is 25.8. The number of rotatable bonds is 5. The van der Waals surface area contributed by atoms with Crippen molar-refractivity contribution in [2.45, 2.75) is 38.3 Å². The summed E-state index contributed by atoms with van der Waals surface area (Å²) in [5.41, 5.74) is 8.08. The van der Waals surface area contributed by atoms with Crippen LogP contribution in [-0.2, 0) is 9.59 Å². The lowest BCUT2D eigenvalue weighted by Gasteiger charge is -2.32. The van der Waals surface area contributed by atoms with E-state index in [-0.39, 0.29) is 30.3 Å². The van der Waals surface area contributed by atoms with Crippen LogP contribution in [0.4, 0.5) is 0 Å². The molecule has 2 amide bonds. The smallest absolute Gasteiger partial charge is 0.223 e. The predicted molar refractivity (Wildman–Crippen MR) is 89.1 cm³/mol. The van der Waals surface area contributed by atoms with Crippen LogP contribution < -0.4 is 11.1 Å². The van der Waals surface area contributed by atoms with E-state index < -0.39 is 0 Å². The first-order valence-electron chi connectivity index (χ1n) is 8.14. The van der Waals surface area contributed by atoms with Crippen molar-refractivity contribution in [2.75, 3.05) is 6.54 Å². The Kier molecular flexibility index (Phi) is 4.48. The molecule has 0 saturated heterocycles. The van der Waals surface area contributed by atoms with Crippen molar-refractivity contribution < 1.29 is 9.59 Å². The minimum absolute atomic E-state index is 0.0430. The Bertz CT molecular complexity index is 637. The predicted octanol–water partition coefficient (Wildman–Crippen LogP) is 1.80. The van der Waals surface area contributed by atoms with Crippen molar-refractivity contribution >= 4 is 17.9 Å². The third-order valence-electron chi connectivity index (χ3n) is 4.61. The molecule has 0 aromatic heterocycles. The standard InChI is InChI=1S/C18H23N3O2/c1-12(22)21-9-8-13-4-2-3-5-15(13)17(21)10-18(23)20-11-16(19)14-6-7-14/h2-5,8-9,14,16-17H,6-7,10-11,19H2,1H3,(H,20,23). The van der Waals surface area contributed by atoms with E-state index in [1.807, 2.05) is 30.3 Å². The largest absolute Gasteiger partial charge is 0.354 e. The first-order valence-corrected chi connectivity index (χ1v) is 8.14. The maximum Gasteiger partial charge on any atom is 0.223 e. The highest BCUT2D eigenvalue weighted by Gasteiger charge is 2.30. The van der Waals surface area contributed by atoms with E-state index >= 15 is 0 Å². The summed E-state index contributed by atoms with van der Waals surface area (Å²) in [7, 11) is 0. The molecule has 5 heteroatoms. The molecule has 1 aromatic carbocycles. The molecular weight excluding hydrogens is 290 g/mol. The van der Waals surface area contributed by atoms with Gasteiger partial charge in [0.05, 0.1) is 12.5 Å². The van der Waals surface area contributed by atoms with Crippen LogP contribution in [0.15, 0.2) is 30.5 Å². The van der Waals surface area contributed by atoms with Gasteiger partial charge >= 0.3 is 0 Å². The Morgan fingerprint density at radius 1 is 1.35 bits per heavy atom. The second kappa shape index (κ2) is 6.54. The molecule has 1 aromatic rings. The lowest BCUT2D eigenvalue weighted by atomic mass is 9.93. The van der Waals surface area contributed by atoms with Crippen molar-refractivity contribution in [3.05, 3.63) is 41.6 Å². The van der Waals surface area contributed by atoms with Gasteiger partial charge in [-0.25, -0.2) is 0 Å². The van der Waals surface area contributed by atoms with Gasteiger partial charge in [0.15, 0.2) is 0 Å². The fourth-order valence-electron chi connectivity index (χ4n) is 3.08. The third-order valence-corrected chi connectivity index (χ3v) is 4.61. The van der Waals surface area contributed by atoms with Crippen LogP contribution >= 0.6 is 0 Å². The minimum Gasteiger partial charge on any atom is -0.354 e. The highest BCUT2D eigenvalue weighted by atomic mass is 16.2. The number of nitrogens with zero attached hydrogens (tertiary/aromatic N) is 1. The second-order valence-corrected chi connectivity index (χ2v) is 6.40. The van der Waals surface area contributed by atoms with E-state index in [1.54, 1.807) is 11.1 Å². The van der Waals surface area contributed by atoms with Crippen LogP contribution in [0.25, 0.3) is 6.08 Å². The zero-order chi connectivity index (χ0) is 16.4. The summed E-state index contributed by atoms with van der Waals surface area (Å²) in [6, 6.07) is 7.65. The number of nitrogens with two attached hydrogens (primary N) is 1. The van der Waals surface area contributed by atoms with Crippen LogP contribution in [-0.4, -0.2) is 29.3 Å². The van der Waals surface area contributed by atoms with Crippen LogP contribution in [0.5, 0.6) is 0 Å². The number of hydrogen-bond donors (Lipinski definition) is 2. The quantitative estimate of drug-likeness (QED) is 0.870. The van der Waals surface area contributed by atoms with Crippen molar-refractivity contribution in [1.29, 1.82) is 0 Å². The highest BCUT2D eigenvalue weighted by Crippen LogP contribution is 2.33. The zero-order valence-corrected chi connectivity index (χ0v) is 13.4. The highest BCUT2D eigenvalue weighted by molar-refractivity contribution is 5.81. The first-order chi connectivity index (χ1) is 11.1. The average Bonchev–Trinajstić information content (AvgIpc) is 3.37. The number of benzene rings is 1. The van der Waals surface area contributed by atoms with Crippen LogP contribution in [0.2, 0.25) is 0 Å². The number of hydrogen-bond acceptors (Lipinski definition) is 3. The number of carbonyl (C=O) groups is 2. The number of fused-ring (bicyclic) bond motifs is 1. The van der Waals surface area contributed by atoms with Crippen molar-refractivity contribution in [3.8, 4) is 0 Å². The lowest BCUT2D eigenvalue weighted by molar-refractivity contribution is -0.129. The van der Waals surface area contributed by atoms with E-state index in [0.717, 1.165) is 24.0 Å². The van der Waals surface area contributed by atoms with E-state index in [4.69, 9.17) is 5.73 Å². The van der Waals surface area contributed by atoms with Gasteiger partial charge in [-0.15, -0.1) is 0 Å². The molecule has 1 aliphatic heterocycles. The molecule has 1 heterocycles. The zero-order valence-electron chi connectivity index (χ0n) is 13.4. The molecule has 3 rings (SSSR count). The fourth-order valence-corrected chi connectivity index (χ4v) is 3.08. The summed E-state index contributed by atoms with van der Waals surface area (Å²) in [6.07, 6.45) is 6.25. The van der Waals surface area contributed by atoms with E-state index in [2.05, 4.69) is 5.32 Å². The molecular formula is C18H23N3O2. The third kappa shape index (κ3) is 3.62. The van der Waals surface area contributed by atoms with Crippen molar-refractivity contribution in [3.63, 3.8) is 0 Å². The van der Waals surface area contributed by atoms with E-state index in [1.165, 1.54) is 6.92 Å². The van der Waals surface area contributed by atoms with Crippen LogP contribution in [0.3, 0.4) is 0 Å². The van der Waals surface area contributed by atoms with Crippen LogP contribution in [0.1, 0.15) is 43.4 Å². The molecule has 1 aliphatic carbocycles. The Hall–Kier alpha value is -2.14. The van der Waals surface area contributed by atoms with Gasteiger partial charge in [0.25, 0.3) is 0 Å². The van der Waals surface area contributed by atoms with Crippen molar-refractivity contribution in [1.82, 2.24) is 10.2 Å². The fraction of sp³-hybridized carbons (Fsp3) is 0.444. The topological polar surface area (TPSA) is 75.4 Å². The maximum atomic E-state index is 12.3. The van der Waals surface area contributed by atoms with Gasteiger partial charge in [-0.05, 0) is 36.0 Å². The molecule has 2 aliphatic rings. The van der Waals surface area contributed by atoms with Gasteiger partial charge in [-0.3, -0.25) is 9.59 Å². The molecule has 0 bridgehead atoms. The average molecular weight is 313 g/mol. The molecule has 122 valence electrons. The van der Waals surface area contributed by atoms with Gasteiger partial charge in [0, 0.05) is 25.7 Å². The van der Waals surface area contributed by atoms with Crippen molar-refractivity contribution in [2.24, 2.45) is 11.7 Å². The molecule has 5 nitrogen and oxygen atoms in total.